The summed E-state index contributed by atoms with van der Waals surface area (Å²) in [5, 5.41) is 6.85. The monoisotopic (exact) mass is 221 g/mol. The van der Waals surface area contributed by atoms with Gasteiger partial charge in [-0.05, 0) is 18.4 Å². The van der Waals surface area contributed by atoms with E-state index >= 15 is 0 Å². The average Bonchev–Trinajstić information content (AvgIpc) is 2.61. The number of aryl methyl sites for hydroxylation is 1. The molecule has 1 rings (SSSR count). The summed E-state index contributed by atoms with van der Waals surface area (Å²) in [5.41, 5.74) is 0.932. The Labute approximate surface area is 96.3 Å². The maximum Gasteiger partial charge on any atom is 0.244 e. The van der Waals surface area contributed by atoms with Gasteiger partial charge in [-0.1, -0.05) is 13.8 Å². The fourth-order valence-electron chi connectivity index (χ4n) is 1.24. The van der Waals surface area contributed by atoms with E-state index in [9.17, 15) is 4.79 Å². The first-order valence-corrected chi connectivity index (χ1v) is 5.52. The molecule has 0 saturated heterocycles. The summed E-state index contributed by atoms with van der Waals surface area (Å²) in [6, 6.07) is 0. The number of hydrogen-bond acceptors (Lipinski definition) is 2. The Balaban J connectivity index is 2.31. The molecule has 0 unspecified atom stereocenters. The van der Waals surface area contributed by atoms with E-state index in [0.29, 0.717) is 5.92 Å². The van der Waals surface area contributed by atoms with Crippen LogP contribution in [-0.4, -0.2) is 22.2 Å². The van der Waals surface area contributed by atoms with Crippen molar-refractivity contribution in [1.82, 2.24) is 15.1 Å². The molecule has 1 aromatic heterocycles. The highest BCUT2D eigenvalue weighted by molar-refractivity contribution is 5.91. The highest BCUT2D eigenvalue weighted by Crippen LogP contribution is 1.99. The normalized spacial score (nSPS) is 11.2. The van der Waals surface area contributed by atoms with Gasteiger partial charge < -0.3 is 5.32 Å². The number of aromatic nitrogens is 2. The number of carbonyl (C=O) groups excluding carboxylic acids is 1. The van der Waals surface area contributed by atoms with Crippen LogP contribution in [0.25, 0.3) is 6.08 Å². The van der Waals surface area contributed by atoms with Crippen LogP contribution in [0.2, 0.25) is 0 Å². The van der Waals surface area contributed by atoms with Gasteiger partial charge in [0.2, 0.25) is 5.91 Å². The molecule has 0 radical (unpaired) electrons. The van der Waals surface area contributed by atoms with Crippen LogP contribution in [0.5, 0.6) is 0 Å². The number of nitrogens with zero attached hydrogens (tertiary/aromatic N) is 2. The van der Waals surface area contributed by atoms with Crippen LogP contribution in [0.4, 0.5) is 0 Å². The summed E-state index contributed by atoms with van der Waals surface area (Å²) in [7, 11) is 1.85. The molecule has 4 nitrogen and oxygen atoms in total. The first-order chi connectivity index (χ1) is 7.58. The van der Waals surface area contributed by atoms with Crippen LogP contribution >= 0.6 is 0 Å². The van der Waals surface area contributed by atoms with Gasteiger partial charge in [0.15, 0.2) is 0 Å². The van der Waals surface area contributed by atoms with Crippen LogP contribution in [0, 0.1) is 5.92 Å². The lowest BCUT2D eigenvalue weighted by atomic mass is 10.1. The number of rotatable bonds is 5. The summed E-state index contributed by atoms with van der Waals surface area (Å²) in [5.74, 6) is 0.562. The lowest BCUT2D eigenvalue weighted by Gasteiger charge is -2.04. The van der Waals surface area contributed by atoms with Gasteiger partial charge in [-0.2, -0.15) is 5.10 Å². The maximum absolute atomic E-state index is 11.4. The van der Waals surface area contributed by atoms with Crippen LogP contribution in [0.3, 0.4) is 0 Å². The van der Waals surface area contributed by atoms with Gasteiger partial charge in [0.1, 0.15) is 0 Å². The van der Waals surface area contributed by atoms with E-state index in [1.165, 1.54) is 6.08 Å². The second kappa shape index (κ2) is 6.10. The van der Waals surface area contributed by atoms with Crippen molar-refractivity contribution >= 4 is 12.0 Å². The summed E-state index contributed by atoms with van der Waals surface area (Å²) in [4.78, 5) is 11.4. The van der Waals surface area contributed by atoms with Crippen molar-refractivity contribution in [3.63, 3.8) is 0 Å². The topological polar surface area (TPSA) is 46.9 Å². The minimum absolute atomic E-state index is 0.0514. The van der Waals surface area contributed by atoms with Crippen LogP contribution in [0.15, 0.2) is 18.5 Å². The molecule has 88 valence electrons. The molecule has 0 spiro atoms. The zero-order chi connectivity index (χ0) is 12.0. The van der Waals surface area contributed by atoms with Gasteiger partial charge in [-0.25, -0.2) is 0 Å². The molecule has 4 heteroatoms. The van der Waals surface area contributed by atoms with E-state index in [2.05, 4.69) is 24.3 Å². The second-order valence-corrected chi connectivity index (χ2v) is 4.25. The number of hydrogen-bond donors (Lipinski definition) is 1. The second-order valence-electron chi connectivity index (χ2n) is 4.25. The SMILES string of the molecule is CC(C)CCNC(=O)/C=C\c1cnn(C)c1. The van der Waals surface area contributed by atoms with E-state index in [-0.39, 0.29) is 5.91 Å². The largest absolute Gasteiger partial charge is 0.353 e. The molecular formula is C12H19N3O. The summed E-state index contributed by atoms with van der Waals surface area (Å²) >= 11 is 0. The van der Waals surface area contributed by atoms with E-state index in [0.717, 1.165) is 18.5 Å². The first-order valence-electron chi connectivity index (χ1n) is 5.52. The van der Waals surface area contributed by atoms with Gasteiger partial charge in [0.05, 0.1) is 6.20 Å². The third-order valence-electron chi connectivity index (χ3n) is 2.17. The molecule has 0 fully saturated rings. The quantitative estimate of drug-likeness (QED) is 0.768. The zero-order valence-electron chi connectivity index (χ0n) is 10.1. The Morgan fingerprint density at radius 2 is 2.38 bits per heavy atom. The smallest absolute Gasteiger partial charge is 0.244 e. The lowest BCUT2D eigenvalue weighted by Crippen LogP contribution is -2.23. The minimum Gasteiger partial charge on any atom is -0.353 e. The number of amides is 1. The molecule has 1 N–H and O–H groups in total. The Morgan fingerprint density at radius 1 is 1.62 bits per heavy atom. The standard InChI is InChI=1S/C12H19N3O/c1-10(2)6-7-13-12(16)5-4-11-8-14-15(3)9-11/h4-5,8-10H,6-7H2,1-3H3,(H,13,16)/b5-4-. The van der Waals surface area contributed by atoms with Crippen molar-refractivity contribution in [1.29, 1.82) is 0 Å². The van der Waals surface area contributed by atoms with E-state index in [1.807, 2.05) is 13.2 Å². The van der Waals surface area contributed by atoms with Gasteiger partial charge in [0.25, 0.3) is 0 Å². The van der Waals surface area contributed by atoms with Crippen LogP contribution in [0.1, 0.15) is 25.8 Å². The lowest BCUT2D eigenvalue weighted by molar-refractivity contribution is -0.116. The molecule has 16 heavy (non-hydrogen) atoms. The van der Waals surface area contributed by atoms with E-state index < -0.39 is 0 Å². The molecule has 0 saturated carbocycles. The maximum atomic E-state index is 11.4. The van der Waals surface area contributed by atoms with E-state index in [4.69, 9.17) is 0 Å². The average molecular weight is 221 g/mol. The Bertz CT molecular complexity index is 366. The molecule has 1 heterocycles. The minimum atomic E-state index is -0.0514. The molecule has 1 aromatic rings. The molecule has 0 aromatic carbocycles. The van der Waals surface area contributed by atoms with Crippen LogP contribution < -0.4 is 5.32 Å². The zero-order valence-corrected chi connectivity index (χ0v) is 10.1. The Morgan fingerprint density at radius 3 is 2.94 bits per heavy atom. The van der Waals surface area contributed by atoms with Crippen molar-refractivity contribution in [2.45, 2.75) is 20.3 Å². The van der Waals surface area contributed by atoms with E-state index in [1.54, 1.807) is 17.0 Å². The van der Waals surface area contributed by atoms with Gasteiger partial charge in [-0.3, -0.25) is 9.48 Å². The molecule has 1 amide bonds. The summed E-state index contributed by atoms with van der Waals surface area (Å²) in [6.45, 7) is 5.00. The predicted octanol–water partition coefficient (Wildman–Crippen LogP) is 1.60. The van der Waals surface area contributed by atoms with Gasteiger partial charge in [-0.15, -0.1) is 0 Å². The molecule has 0 aliphatic carbocycles. The molecular weight excluding hydrogens is 202 g/mol. The van der Waals surface area contributed by atoms with Crippen molar-refractivity contribution in [2.75, 3.05) is 6.54 Å². The fourth-order valence-corrected chi connectivity index (χ4v) is 1.24. The molecule has 0 aliphatic rings. The predicted molar refractivity (Wildman–Crippen MR) is 64.7 cm³/mol. The Kier molecular flexibility index (Phi) is 4.76. The van der Waals surface area contributed by atoms with Crippen LogP contribution in [-0.2, 0) is 11.8 Å². The molecule has 0 bridgehead atoms. The van der Waals surface area contributed by atoms with Crippen molar-refractivity contribution in [3.05, 3.63) is 24.0 Å². The van der Waals surface area contributed by atoms with Gasteiger partial charge >= 0.3 is 0 Å². The van der Waals surface area contributed by atoms with Crippen molar-refractivity contribution in [2.24, 2.45) is 13.0 Å². The third kappa shape index (κ3) is 4.77. The fraction of sp³-hybridized carbons (Fsp3) is 0.500. The first kappa shape index (κ1) is 12.5. The summed E-state index contributed by atoms with van der Waals surface area (Å²) < 4.78 is 1.70. The number of nitrogens with one attached hydrogen (secondary N) is 1. The third-order valence-corrected chi connectivity index (χ3v) is 2.17. The number of carbonyl (C=O) groups is 1. The molecule has 0 atom stereocenters. The van der Waals surface area contributed by atoms with Crippen molar-refractivity contribution in [3.8, 4) is 0 Å². The molecule has 0 aliphatic heterocycles. The summed E-state index contributed by atoms with van der Waals surface area (Å²) in [6.07, 6.45) is 7.89. The van der Waals surface area contributed by atoms with Gasteiger partial charge in [0, 0.05) is 31.4 Å². The Hall–Kier alpha value is -1.58. The highest BCUT2D eigenvalue weighted by Gasteiger charge is 1.97. The van der Waals surface area contributed by atoms with Crippen molar-refractivity contribution < 1.29 is 4.79 Å². The highest BCUT2D eigenvalue weighted by atomic mass is 16.1.